The summed E-state index contributed by atoms with van der Waals surface area (Å²) in [4.78, 5) is 12.1. The van der Waals surface area contributed by atoms with Crippen molar-refractivity contribution in [3.05, 3.63) is 18.1 Å². The average molecular weight is 216 g/mol. The van der Waals surface area contributed by atoms with Gasteiger partial charge in [0.2, 0.25) is 0 Å². The molecule has 2 heterocycles. The van der Waals surface area contributed by atoms with E-state index < -0.39 is 0 Å². The predicted octanol–water partition coefficient (Wildman–Crippen LogP) is 2.59. The van der Waals surface area contributed by atoms with Crippen LogP contribution in [0.5, 0.6) is 0 Å². The van der Waals surface area contributed by atoms with Gasteiger partial charge in [-0.2, -0.15) is 0 Å². The Morgan fingerprint density at radius 1 is 1.25 bits per heavy atom. The highest BCUT2D eigenvalue weighted by molar-refractivity contribution is 5.74. The molecule has 0 saturated heterocycles. The van der Waals surface area contributed by atoms with Gasteiger partial charge in [-0.1, -0.05) is 19.3 Å². The average Bonchev–Trinajstić information content (AvgIpc) is 2.73. The Balaban J connectivity index is 1.97. The Labute approximate surface area is 94.3 Å². The summed E-state index contributed by atoms with van der Waals surface area (Å²) in [6, 6.07) is 1.90. The minimum atomic E-state index is 0.587. The molecule has 0 bridgehead atoms. The second-order valence-electron chi connectivity index (χ2n) is 4.60. The number of aromatic amines is 1. The minimum Gasteiger partial charge on any atom is -0.397 e. The standard InChI is InChI=1S/C12H16N4/c13-9-6-10-12(14-7-9)16-11(15-10)8-4-2-1-3-5-8/h6-8H,1-5,13H2,(H,14,15,16). The number of nitrogens with zero attached hydrogens (tertiary/aromatic N) is 2. The summed E-state index contributed by atoms with van der Waals surface area (Å²) in [5.41, 5.74) is 8.13. The molecule has 0 radical (unpaired) electrons. The SMILES string of the molecule is Nc1cnc2nc(C3CCCCC3)[nH]c2c1. The minimum absolute atomic E-state index is 0.587. The van der Waals surface area contributed by atoms with Crippen molar-refractivity contribution < 1.29 is 0 Å². The van der Waals surface area contributed by atoms with E-state index in [2.05, 4.69) is 15.0 Å². The molecule has 0 aromatic carbocycles. The highest BCUT2D eigenvalue weighted by atomic mass is 15.0. The number of hydrogen-bond donors (Lipinski definition) is 2. The zero-order chi connectivity index (χ0) is 11.0. The van der Waals surface area contributed by atoms with Crippen molar-refractivity contribution in [3.8, 4) is 0 Å². The molecule has 0 amide bonds. The number of anilines is 1. The zero-order valence-electron chi connectivity index (χ0n) is 9.24. The van der Waals surface area contributed by atoms with Crippen LogP contribution in [0.3, 0.4) is 0 Å². The largest absolute Gasteiger partial charge is 0.397 e. The fourth-order valence-corrected chi connectivity index (χ4v) is 2.50. The smallest absolute Gasteiger partial charge is 0.177 e. The maximum absolute atomic E-state index is 5.70. The molecule has 84 valence electrons. The van der Waals surface area contributed by atoms with Crippen molar-refractivity contribution in [3.63, 3.8) is 0 Å². The fraction of sp³-hybridized carbons (Fsp3) is 0.500. The van der Waals surface area contributed by atoms with Crippen LogP contribution in [0, 0.1) is 0 Å². The van der Waals surface area contributed by atoms with E-state index in [9.17, 15) is 0 Å². The third kappa shape index (κ3) is 1.64. The van der Waals surface area contributed by atoms with Crippen LogP contribution in [0.1, 0.15) is 43.8 Å². The maximum atomic E-state index is 5.70. The van der Waals surface area contributed by atoms with E-state index in [1.165, 1.54) is 32.1 Å². The Bertz CT molecular complexity index is 497. The van der Waals surface area contributed by atoms with E-state index in [4.69, 9.17) is 5.73 Å². The van der Waals surface area contributed by atoms with Crippen LogP contribution in [0.25, 0.3) is 11.2 Å². The molecule has 0 aliphatic heterocycles. The zero-order valence-corrected chi connectivity index (χ0v) is 9.24. The summed E-state index contributed by atoms with van der Waals surface area (Å²) < 4.78 is 0. The number of nitrogens with two attached hydrogens (primary N) is 1. The molecule has 0 atom stereocenters. The normalized spacial score (nSPS) is 18.0. The van der Waals surface area contributed by atoms with Gasteiger partial charge in [0, 0.05) is 5.92 Å². The van der Waals surface area contributed by atoms with Crippen LogP contribution in [-0.4, -0.2) is 15.0 Å². The quantitative estimate of drug-likeness (QED) is 0.769. The van der Waals surface area contributed by atoms with Crippen LogP contribution in [0.2, 0.25) is 0 Å². The first-order valence-electron chi connectivity index (χ1n) is 5.94. The number of H-pyrrole nitrogens is 1. The molecule has 1 saturated carbocycles. The van der Waals surface area contributed by atoms with Crippen LogP contribution in [-0.2, 0) is 0 Å². The molecule has 0 spiro atoms. The predicted molar refractivity (Wildman–Crippen MR) is 64.1 cm³/mol. The van der Waals surface area contributed by atoms with Gasteiger partial charge in [-0.05, 0) is 18.9 Å². The van der Waals surface area contributed by atoms with E-state index in [1.807, 2.05) is 6.07 Å². The van der Waals surface area contributed by atoms with E-state index in [0.29, 0.717) is 11.6 Å². The second-order valence-corrected chi connectivity index (χ2v) is 4.60. The molecule has 3 rings (SSSR count). The van der Waals surface area contributed by atoms with Crippen LogP contribution in [0.15, 0.2) is 12.3 Å². The number of hydrogen-bond acceptors (Lipinski definition) is 3. The van der Waals surface area contributed by atoms with Crippen LogP contribution < -0.4 is 5.73 Å². The summed E-state index contributed by atoms with van der Waals surface area (Å²) >= 11 is 0. The lowest BCUT2D eigenvalue weighted by atomic mass is 9.89. The lowest BCUT2D eigenvalue weighted by Gasteiger charge is -2.18. The second kappa shape index (κ2) is 3.77. The molecule has 1 aliphatic rings. The number of nitrogens with one attached hydrogen (secondary N) is 1. The van der Waals surface area contributed by atoms with Gasteiger partial charge in [-0.15, -0.1) is 0 Å². The van der Waals surface area contributed by atoms with Gasteiger partial charge in [0.25, 0.3) is 0 Å². The van der Waals surface area contributed by atoms with Gasteiger partial charge in [-0.3, -0.25) is 0 Å². The monoisotopic (exact) mass is 216 g/mol. The summed E-state index contributed by atoms with van der Waals surface area (Å²) in [6.07, 6.45) is 8.15. The Morgan fingerprint density at radius 2 is 2.06 bits per heavy atom. The number of nitrogen functional groups attached to an aromatic ring is 1. The highest BCUT2D eigenvalue weighted by Gasteiger charge is 2.18. The maximum Gasteiger partial charge on any atom is 0.177 e. The Morgan fingerprint density at radius 3 is 2.88 bits per heavy atom. The molecular formula is C12H16N4. The molecule has 0 unspecified atom stereocenters. The number of imidazole rings is 1. The third-order valence-corrected chi connectivity index (χ3v) is 3.37. The van der Waals surface area contributed by atoms with Gasteiger partial charge in [0.1, 0.15) is 5.82 Å². The molecule has 4 heteroatoms. The van der Waals surface area contributed by atoms with E-state index >= 15 is 0 Å². The van der Waals surface area contributed by atoms with Gasteiger partial charge in [0.05, 0.1) is 17.4 Å². The molecule has 1 fully saturated rings. The summed E-state index contributed by atoms with van der Waals surface area (Å²) in [7, 11) is 0. The fourth-order valence-electron chi connectivity index (χ4n) is 2.50. The first-order valence-corrected chi connectivity index (χ1v) is 5.94. The Kier molecular flexibility index (Phi) is 2.27. The van der Waals surface area contributed by atoms with Crippen molar-refractivity contribution >= 4 is 16.9 Å². The number of aromatic nitrogens is 3. The van der Waals surface area contributed by atoms with Crippen molar-refractivity contribution in [2.45, 2.75) is 38.0 Å². The third-order valence-electron chi connectivity index (χ3n) is 3.37. The summed E-state index contributed by atoms with van der Waals surface area (Å²) in [5.74, 6) is 1.68. The molecule has 3 N–H and O–H groups in total. The van der Waals surface area contributed by atoms with Gasteiger partial charge in [0.15, 0.2) is 5.65 Å². The molecule has 2 aromatic heterocycles. The van der Waals surface area contributed by atoms with Crippen molar-refractivity contribution in [2.75, 3.05) is 5.73 Å². The molecule has 2 aromatic rings. The van der Waals surface area contributed by atoms with Gasteiger partial charge >= 0.3 is 0 Å². The van der Waals surface area contributed by atoms with E-state index in [-0.39, 0.29) is 0 Å². The number of pyridine rings is 1. The van der Waals surface area contributed by atoms with Gasteiger partial charge in [-0.25, -0.2) is 9.97 Å². The van der Waals surface area contributed by atoms with E-state index in [0.717, 1.165) is 17.0 Å². The van der Waals surface area contributed by atoms with Crippen LogP contribution >= 0.6 is 0 Å². The molecule has 16 heavy (non-hydrogen) atoms. The lowest BCUT2D eigenvalue weighted by Crippen LogP contribution is -2.05. The van der Waals surface area contributed by atoms with Crippen LogP contribution in [0.4, 0.5) is 5.69 Å². The lowest BCUT2D eigenvalue weighted by molar-refractivity contribution is 0.431. The Hall–Kier alpha value is -1.58. The topological polar surface area (TPSA) is 67.6 Å². The molecule has 4 nitrogen and oxygen atoms in total. The van der Waals surface area contributed by atoms with E-state index in [1.54, 1.807) is 6.20 Å². The summed E-state index contributed by atoms with van der Waals surface area (Å²) in [6.45, 7) is 0. The molecule has 1 aliphatic carbocycles. The van der Waals surface area contributed by atoms with Gasteiger partial charge < -0.3 is 10.7 Å². The number of fused-ring (bicyclic) bond motifs is 1. The number of rotatable bonds is 1. The first kappa shape index (κ1) is 9.63. The highest BCUT2D eigenvalue weighted by Crippen LogP contribution is 2.31. The van der Waals surface area contributed by atoms with Crippen molar-refractivity contribution in [2.24, 2.45) is 0 Å². The summed E-state index contributed by atoms with van der Waals surface area (Å²) in [5, 5.41) is 0. The van der Waals surface area contributed by atoms with Crippen molar-refractivity contribution in [1.82, 2.24) is 15.0 Å². The molecular weight excluding hydrogens is 200 g/mol. The first-order chi connectivity index (χ1) is 7.83. The van der Waals surface area contributed by atoms with Crippen molar-refractivity contribution in [1.29, 1.82) is 0 Å².